The van der Waals surface area contributed by atoms with Crippen LogP contribution in [0.2, 0.25) is 0 Å². The van der Waals surface area contributed by atoms with E-state index >= 15 is 0 Å². The second-order valence-electron chi connectivity index (χ2n) is 18.4. The molecule has 4 fully saturated rings. The average Bonchev–Trinajstić information content (AvgIpc) is 3.82. The minimum atomic E-state index is -1.35. The maximum Gasteiger partial charge on any atom is 0.221 e. The number of ketones is 1. The summed E-state index contributed by atoms with van der Waals surface area (Å²) in [6, 6.07) is 0. The number of aliphatic hydroxyl groups excluding tert-OH is 2. The summed E-state index contributed by atoms with van der Waals surface area (Å²) < 4.78 is 39.5. The molecule has 0 radical (unpaired) electrons. The Hall–Kier alpha value is -1.77. The molecule has 3 N–H and O–H groups in total. The largest absolute Gasteiger partial charge is 0.428 e. The van der Waals surface area contributed by atoms with Crippen LogP contribution >= 0.6 is 0 Å². The standard InChI is InChI=1S/C43H70N2O10/c1-11-30(39-45-44-23-50-39)32-15-14-24(4)37(52-32)28(8)35(47)27(7)36(48)31(12-2)38-25(5)22-26(6)42(53-38)19-16-33(46)43(55-42)21-20-40(10,54-43)34-17-18-41(49,13-3)29(9)51-34/h16,19,23-35,37-38,46-47,49H,11-15,17-18,20-22H2,1-10H3/t24-,25-,26+,27-,28-,29-,30+,31-,32+,33+,34+,35+,37+,38-,40-,41+,42-,43-/m0/s1. The van der Waals surface area contributed by atoms with E-state index in [9.17, 15) is 20.1 Å². The van der Waals surface area contributed by atoms with Crippen LogP contribution in [0.5, 0.6) is 0 Å². The molecule has 12 nitrogen and oxygen atoms in total. The van der Waals surface area contributed by atoms with Crippen molar-refractivity contribution in [1.29, 1.82) is 0 Å². The highest BCUT2D eigenvalue weighted by Crippen LogP contribution is 2.54. The number of rotatable bonds is 12. The summed E-state index contributed by atoms with van der Waals surface area (Å²) in [7, 11) is 0. The topological polar surface area (TPSA) is 163 Å². The van der Waals surface area contributed by atoms with Gasteiger partial charge in [0.2, 0.25) is 18.1 Å². The molecule has 18 atom stereocenters. The first-order valence-corrected chi connectivity index (χ1v) is 21.4. The lowest BCUT2D eigenvalue weighted by atomic mass is 9.72. The van der Waals surface area contributed by atoms with Gasteiger partial charge in [0.1, 0.15) is 11.9 Å². The van der Waals surface area contributed by atoms with Crippen molar-refractivity contribution in [3.8, 4) is 0 Å². The molecule has 0 aliphatic carbocycles. The minimum absolute atomic E-state index is 0.0312. The van der Waals surface area contributed by atoms with E-state index < -0.39 is 52.9 Å². The van der Waals surface area contributed by atoms with Gasteiger partial charge < -0.3 is 43.4 Å². The Bertz CT molecular complexity index is 1480. The lowest BCUT2D eigenvalue weighted by Crippen LogP contribution is -2.63. The SMILES string of the molecule is CC[C@@H](C(=O)[C@@H](C)[C@@H](O)[C@H](C)[C@@H]1O[C@@H]([C@@H](CC)c2nnco2)CC[C@@H]1C)[C@H]1O[C@]2(C=C[C@@H](O)[C@]3(CC[C@@](C)([C@H]4CC[C@](O)(CC)[C@H](C)O4)O3)O2)[C@H](C)C[C@@H]1C. The number of aliphatic hydroxyl groups is 3. The van der Waals surface area contributed by atoms with Crippen LogP contribution in [0.1, 0.15) is 145 Å². The molecule has 4 saturated heterocycles. The number of Topliss-reactive ketones (excluding diaryl/α,β-unsaturated/α-hetero) is 1. The average molecular weight is 775 g/mol. The van der Waals surface area contributed by atoms with Gasteiger partial charge in [-0.15, -0.1) is 10.2 Å². The fourth-order valence-electron chi connectivity index (χ4n) is 10.8. The zero-order valence-electron chi connectivity index (χ0n) is 35.0. The van der Waals surface area contributed by atoms with Gasteiger partial charge in [-0.2, -0.15) is 0 Å². The summed E-state index contributed by atoms with van der Waals surface area (Å²) in [6.07, 6.45) is 8.28. The van der Waals surface area contributed by atoms with Gasteiger partial charge in [-0.3, -0.25) is 4.79 Å². The molecule has 2 spiro atoms. The van der Waals surface area contributed by atoms with Gasteiger partial charge in [0.25, 0.3) is 0 Å². The van der Waals surface area contributed by atoms with Crippen LogP contribution in [0.4, 0.5) is 0 Å². The van der Waals surface area contributed by atoms with Gasteiger partial charge in [-0.25, -0.2) is 0 Å². The zero-order chi connectivity index (χ0) is 40.1. The lowest BCUT2D eigenvalue weighted by Gasteiger charge is -2.54. The van der Waals surface area contributed by atoms with Gasteiger partial charge in [-0.1, -0.05) is 55.4 Å². The molecule has 1 aromatic rings. The Kier molecular flexibility index (Phi) is 12.8. The summed E-state index contributed by atoms with van der Waals surface area (Å²) in [4.78, 5) is 14.5. The summed E-state index contributed by atoms with van der Waals surface area (Å²) >= 11 is 0. The summed E-state index contributed by atoms with van der Waals surface area (Å²) in [6.45, 7) is 20.2. The highest BCUT2D eigenvalue weighted by molar-refractivity contribution is 5.84. The van der Waals surface area contributed by atoms with E-state index in [1.54, 1.807) is 6.08 Å². The third kappa shape index (κ3) is 7.89. The molecule has 0 unspecified atom stereocenters. The molecule has 0 bridgehead atoms. The number of aromatic nitrogens is 2. The van der Waals surface area contributed by atoms with E-state index in [-0.39, 0.29) is 59.8 Å². The third-order valence-corrected chi connectivity index (χ3v) is 14.8. The van der Waals surface area contributed by atoms with Crippen molar-refractivity contribution >= 4 is 5.78 Å². The fraction of sp³-hybridized carbons (Fsp3) is 0.884. The highest BCUT2D eigenvalue weighted by atomic mass is 16.8. The first-order valence-electron chi connectivity index (χ1n) is 21.4. The molecule has 0 amide bonds. The van der Waals surface area contributed by atoms with E-state index in [0.29, 0.717) is 44.4 Å². The molecule has 6 rings (SSSR count). The van der Waals surface area contributed by atoms with Crippen LogP contribution in [0.15, 0.2) is 23.0 Å². The third-order valence-electron chi connectivity index (χ3n) is 14.8. The fourth-order valence-corrected chi connectivity index (χ4v) is 10.8. The van der Waals surface area contributed by atoms with E-state index in [1.807, 2.05) is 47.6 Å². The maximum absolute atomic E-state index is 14.5. The molecule has 312 valence electrons. The predicted molar refractivity (Wildman–Crippen MR) is 205 cm³/mol. The van der Waals surface area contributed by atoms with Gasteiger partial charge in [0, 0.05) is 30.1 Å². The van der Waals surface area contributed by atoms with E-state index in [4.69, 9.17) is 28.1 Å². The molecular weight excluding hydrogens is 704 g/mol. The van der Waals surface area contributed by atoms with Crippen molar-refractivity contribution in [2.45, 2.75) is 205 Å². The van der Waals surface area contributed by atoms with Crippen molar-refractivity contribution < 1.29 is 48.2 Å². The Balaban J connectivity index is 1.16. The molecule has 5 aliphatic rings. The quantitative estimate of drug-likeness (QED) is 0.194. The number of hydrogen-bond donors (Lipinski definition) is 3. The number of carbonyl (C=O) groups is 1. The smallest absolute Gasteiger partial charge is 0.221 e. The Morgan fingerprint density at radius 1 is 0.964 bits per heavy atom. The Labute approximate surface area is 328 Å². The number of ether oxygens (including phenoxy) is 5. The van der Waals surface area contributed by atoms with Crippen LogP contribution in [0.3, 0.4) is 0 Å². The van der Waals surface area contributed by atoms with E-state index in [1.165, 1.54) is 6.39 Å². The first-order chi connectivity index (χ1) is 26.0. The normalized spacial score (nSPS) is 45.0. The van der Waals surface area contributed by atoms with Crippen molar-refractivity contribution in [2.75, 3.05) is 0 Å². The van der Waals surface area contributed by atoms with Crippen molar-refractivity contribution in [1.82, 2.24) is 10.2 Å². The van der Waals surface area contributed by atoms with Crippen LogP contribution < -0.4 is 0 Å². The molecule has 6 heterocycles. The van der Waals surface area contributed by atoms with Crippen LogP contribution in [0.25, 0.3) is 0 Å². The maximum atomic E-state index is 14.5. The molecule has 0 aromatic carbocycles. The summed E-state index contributed by atoms with van der Waals surface area (Å²) in [5.74, 6) is -3.34. The predicted octanol–water partition coefficient (Wildman–Crippen LogP) is 6.65. The molecule has 1 aromatic heterocycles. The monoisotopic (exact) mass is 775 g/mol. The molecule has 0 saturated carbocycles. The second kappa shape index (κ2) is 16.5. The Morgan fingerprint density at radius 2 is 1.71 bits per heavy atom. The number of carbonyl (C=O) groups excluding carboxylic acids is 1. The van der Waals surface area contributed by atoms with Gasteiger partial charge in [-0.05, 0) is 95.6 Å². The number of hydrogen-bond acceptors (Lipinski definition) is 12. The second-order valence-corrected chi connectivity index (χ2v) is 18.4. The van der Waals surface area contributed by atoms with Gasteiger partial charge in [0.05, 0.1) is 53.7 Å². The van der Waals surface area contributed by atoms with Crippen molar-refractivity contribution in [2.24, 2.45) is 35.5 Å². The molecule has 12 heteroatoms. The Morgan fingerprint density at radius 3 is 2.35 bits per heavy atom. The van der Waals surface area contributed by atoms with E-state index in [2.05, 4.69) is 37.9 Å². The summed E-state index contributed by atoms with van der Waals surface area (Å²) in [5, 5.41) is 42.4. The van der Waals surface area contributed by atoms with Crippen LogP contribution in [-0.2, 0) is 28.5 Å². The summed E-state index contributed by atoms with van der Waals surface area (Å²) in [5.41, 5.74) is -1.61. The van der Waals surface area contributed by atoms with Gasteiger partial charge >= 0.3 is 0 Å². The molecular formula is C43H70N2O10. The van der Waals surface area contributed by atoms with Gasteiger partial charge in [0.15, 0.2) is 5.79 Å². The van der Waals surface area contributed by atoms with Crippen molar-refractivity contribution in [3.05, 3.63) is 24.4 Å². The van der Waals surface area contributed by atoms with Crippen LogP contribution in [-0.4, -0.2) is 96.8 Å². The highest BCUT2D eigenvalue weighted by Gasteiger charge is 2.63. The minimum Gasteiger partial charge on any atom is -0.428 e. The van der Waals surface area contributed by atoms with E-state index in [0.717, 1.165) is 25.7 Å². The molecule has 5 aliphatic heterocycles. The van der Waals surface area contributed by atoms with Crippen molar-refractivity contribution in [3.63, 3.8) is 0 Å². The number of nitrogens with zero attached hydrogens (tertiary/aromatic N) is 2. The van der Waals surface area contributed by atoms with Crippen LogP contribution in [0, 0.1) is 35.5 Å². The first kappa shape index (κ1) is 42.8. The zero-order valence-corrected chi connectivity index (χ0v) is 35.0. The lowest BCUT2D eigenvalue weighted by molar-refractivity contribution is -0.409. The molecule has 55 heavy (non-hydrogen) atoms.